The zero-order valence-electron chi connectivity index (χ0n) is 14.7. The number of amides is 1. The first-order valence-electron chi connectivity index (χ1n) is 8.43. The fourth-order valence-corrected chi connectivity index (χ4v) is 3.65. The predicted octanol–water partition coefficient (Wildman–Crippen LogP) is 4.15. The second-order valence-electron chi connectivity index (χ2n) is 5.94. The second-order valence-corrected chi connectivity index (χ2v) is 7.69. The van der Waals surface area contributed by atoms with Gasteiger partial charge in [-0.05, 0) is 24.3 Å². The molecule has 0 aliphatic rings. The fraction of sp³-hybridized carbons (Fsp3) is 0.0526. The van der Waals surface area contributed by atoms with Gasteiger partial charge in [0.15, 0.2) is 10.8 Å². The number of halogens is 2. The first-order valence-corrected chi connectivity index (χ1v) is 10.2. The predicted molar refractivity (Wildman–Crippen MR) is 115 cm³/mol. The van der Waals surface area contributed by atoms with Gasteiger partial charge in [-0.25, -0.2) is 9.67 Å². The minimum Gasteiger partial charge on any atom is -0.324 e. The lowest BCUT2D eigenvalue weighted by molar-refractivity contribution is -0.113. The van der Waals surface area contributed by atoms with E-state index in [2.05, 4.69) is 20.4 Å². The molecular formula is C19H13Cl2N5O2S. The summed E-state index contributed by atoms with van der Waals surface area (Å²) < 4.78 is 1.58. The highest BCUT2D eigenvalue weighted by molar-refractivity contribution is 7.99. The third-order valence-electron chi connectivity index (χ3n) is 3.98. The van der Waals surface area contributed by atoms with Crippen LogP contribution in [0.25, 0.3) is 16.7 Å². The molecule has 7 nitrogen and oxygen atoms in total. The van der Waals surface area contributed by atoms with Crippen molar-refractivity contribution >= 4 is 57.6 Å². The van der Waals surface area contributed by atoms with Gasteiger partial charge in [-0.2, -0.15) is 5.10 Å². The lowest BCUT2D eigenvalue weighted by Gasteiger charge is -2.08. The summed E-state index contributed by atoms with van der Waals surface area (Å²) in [5, 5.41) is 8.25. The number of aromatic amines is 1. The van der Waals surface area contributed by atoms with Crippen molar-refractivity contribution in [3.8, 4) is 5.69 Å². The Hall–Kier alpha value is -2.81. The van der Waals surface area contributed by atoms with Gasteiger partial charge in [0.2, 0.25) is 5.91 Å². The molecule has 4 rings (SSSR count). The number of rotatable bonds is 5. The molecule has 146 valence electrons. The number of H-pyrrole nitrogens is 1. The van der Waals surface area contributed by atoms with Crippen LogP contribution < -0.4 is 10.9 Å². The summed E-state index contributed by atoms with van der Waals surface area (Å²) in [5.74, 6) is -0.282. The maximum absolute atomic E-state index is 12.4. The summed E-state index contributed by atoms with van der Waals surface area (Å²) in [6.07, 6.45) is 1.47. The number of carbonyl (C=O) groups is 1. The largest absolute Gasteiger partial charge is 0.324 e. The topological polar surface area (TPSA) is 92.7 Å². The number of nitrogens with zero attached hydrogens (tertiary/aromatic N) is 3. The van der Waals surface area contributed by atoms with Gasteiger partial charge in [0, 0.05) is 0 Å². The van der Waals surface area contributed by atoms with E-state index in [1.165, 1.54) is 6.20 Å². The van der Waals surface area contributed by atoms with Crippen molar-refractivity contribution < 1.29 is 4.79 Å². The Morgan fingerprint density at radius 3 is 2.72 bits per heavy atom. The van der Waals surface area contributed by atoms with Gasteiger partial charge in [0.1, 0.15) is 5.39 Å². The number of benzene rings is 2. The Morgan fingerprint density at radius 1 is 1.14 bits per heavy atom. The van der Waals surface area contributed by atoms with Crippen LogP contribution in [0.3, 0.4) is 0 Å². The Bertz CT molecular complexity index is 1260. The highest BCUT2D eigenvalue weighted by atomic mass is 35.5. The molecule has 0 radical (unpaired) electrons. The van der Waals surface area contributed by atoms with Gasteiger partial charge in [-0.1, -0.05) is 59.2 Å². The van der Waals surface area contributed by atoms with E-state index in [1.807, 2.05) is 30.3 Å². The van der Waals surface area contributed by atoms with Crippen molar-refractivity contribution in [2.45, 2.75) is 5.16 Å². The standard InChI is InChI=1S/C19H13Cl2N5O2S/c20-13-7-4-8-14(16(13)21)23-15(27)10-29-19-24-17-12(18(28)25-19)9-22-26(17)11-5-2-1-3-6-11/h1-9H,10H2,(H,23,27)(H,24,25,28). The molecule has 1 amide bonds. The van der Waals surface area contributed by atoms with Crippen molar-refractivity contribution in [3.63, 3.8) is 0 Å². The average Bonchev–Trinajstić information content (AvgIpc) is 3.15. The lowest BCUT2D eigenvalue weighted by Crippen LogP contribution is -2.16. The van der Waals surface area contributed by atoms with E-state index < -0.39 is 0 Å². The number of fused-ring (bicyclic) bond motifs is 1. The maximum atomic E-state index is 12.4. The van der Waals surface area contributed by atoms with E-state index >= 15 is 0 Å². The van der Waals surface area contributed by atoms with Crippen molar-refractivity contribution in [3.05, 3.63) is 75.1 Å². The maximum Gasteiger partial charge on any atom is 0.262 e. The molecule has 0 fully saturated rings. The Labute approximate surface area is 179 Å². The van der Waals surface area contributed by atoms with E-state index in [4.69, 9.17) is 23.2 Å². The van der Waals surface area contributed by atoms with E-state index in [1.54, 1.807) is 22.9 Å². The van der Waals surface area contributed by atoms with Crippen molar-refractivity contribution in [1.29, 1.82) is 0 Å². The summed E-state index contributed by atoms with van der Waals surface area (Å²) in [5.41, 5.74) is 1.30. The molecule has 0 saturated carbocycles. The van der Waals surface area contributed by atoms with Crippen LogP contribution in [-0.4, -0.2) is 31.4 Å². The van der Waals surface area contributed by atoms with Gasteiger partial charge >= 0.3 is 0 Å². The van der Waals surface area contributed by atoms with Crippen LogP contribution in [0.1, 0.15) is 0 Å². The Balaban J connectivity index is 1.54. The number of anilines is 1. The van der Waals surface area contributed by atoms with E-state index in [-0.39, 0.29) is 22.2 Å². The van der Waals surface area contributed by atoms with Crippen molar-refractivity contribution in [1.82, 2.24) is 19.7 Å². The summed E-state index contributed by atoms with van der Waals surface area (Å²) in [4.78, 5) is 31.8. The molecule has 10 heteroatoms. The van der Waals surface area contributed by atoms with Gasteiger partial charge in [0.05, 0.1) is 33.4 Å². The summed E-state index contributed by atoms with van der Waals surface area (Å²) in [6.45, 7) is 0. The van der Waals surface area contributed by atoms with Crippen LogP contribution in [0.2, 0.25) is 10.0 Å². The zero-order chi connectivity index (χ0) is 20.4. The lowest BCUT2D eigenvalue weighted by atomic mass is 10.3. The van der Waals surface area contributed by atoms with Crippen LogP contribution in [0.4, 0.5) is 5.69 Å². The van der Waals surface area contributed by atoms with Crippen LogP contribution in [0.15, 0.2) is 64.7 Å². The zero-order valence-corrected chi connectivity index (χ0v) is 17.1. The average molecular weight is 446 g/mol. The van der Waals surface area contributed by atoms with Crippen LogP contribution in [-0.2, 0) is 4.79 Å². The molecule has 29 heavy (non-hydrogen) atoms. The molecule has 0 saturated heterocycles. The highest BCUT2D eigenvalue weighted by Crippen LogP contribution is 2.29. The highest BCUT2D eigenvalue weighted by Gasteiger charge is 2.14. The molecule has 2 N–H and O–H groups in total. The molecule has 0 aliphatic heterocycles. The van der Waals surface area contributed by atoms with Gasteiger partial charge in [0.25, 0.3) is 5.56 Å². The molecular weight excluding hydrogens is 433 g/mol. The van der Waals surface area contributed by atoms with E-state index in [0.29, 0.717) is 26.9 Å². The quantitative estimate of drug-likeness (QED) is 0.355. The first kappa shape index (κ1) is 19.5. The Morgan fingerprint density at radius 2 is 1.93 bits per heavy atom. The van der Waals surface area contributed by atoms with Gasteiger partial charge in [-0.3, -0.25) is 9.59 Å². The molecule has 4 aromatic rings. The molecule has 0 unspecified atom stereocenters. The first-order chi connectivity index (χ1) is 14.0. The third kappa shape index (κ3) is 4.14. The number of thioether (sulfide) groups is 1. The minimum absolute atomic E-state index is 0.0246. The van der Waals surface area contributed by atoms with Crippen LogP contribution >= 0.6 is 35.0 Å². The minimum atomic E-state index is -0.321. The number of para-hydroxylation sites is 1. The molecule has 0 atom stereocenters. The summed E-state index contributed by atoms with van der Waals surface area (Å²) in [7, 11) is 0. The smallest absolute Gasteiger partial charge is 0.262 e. The molecule has 2 heterocycles. The van der Waals surface area contributed by atoms with Gasteiger partial charge < -0.3 is 10.3 Å². The summed E-state index contributed by atoms with van der Waals surface area (Å²) >= 11 is 13.1. The van der Waals surface area contributed by atoms with Crippen LogP contribution in [0.5, 0.6) is 0 Å². The van der Waals surface area contributed by atoms with E-state index in [0.717, 1.165) is 17.4 Å². The van der Waals surface area contributed by atoms with E-state index in [9.17, 15) is 9.59 Å². The van der Waals surface area contributed by atoms with Crippen LogP contribution in [0, 0.1) is 0 Å². The number of hydrogen-bond acceptors (Lipinski definition) is 5. The second kappa shape index (κ2) is 8.28. The molecule has 0 spiro atoms. The summed E-state index contributed by atoms with van der Waals surface area (Å²) in [6, 6.07) is 14.3. The molecule has 0 aliphatic carbocycles. The SMILES string of the molecule is O=C(CSc1nc2c(cnn2-c2ccccc2)c(=O)[nH]1)Nc1cccc(Cl)c1Cl. The Kier molecular flexibility index (Phi) is 5.57. The van der Waals surface area contributed by atoms with Crippen molar-refractivity contribution in [2.75, 3.05) is 11.1 Å². The fourth-order valence-electron chi connectivity index (χ4n) is 2.65. The molecule has 0 bridgehead atoms. The molecule has 2 aromatic carbocycles. The number of carbonyl (C=O) groups excluding carboxylic acids is 1. The normalized spacial score (nSPS) is 11.0. The molecule has 2 aromatic heterocycles. The number of hydrogen-bond donors (Lipinski definition) is 2. The monoisotopic (exact) mass is 445 g/mol. The van der Waals surface area contributed by atoms with Crippen molar-refractivity contribution in [2.24, 2.45) is 0 Å². The number of nitrogens with one attached hydrogen (secondary N) is 2. The third-order valence-corrected chi connectivity index (χ3v) is 5.68. The van der Waals surface area contributed by atoms with Gasteiger partial charge in [-0.15, -0.1) is 0 Å². The number of aromatic nitrogens is 4.